The number of nitrogens with zero attached hydrogens (tertiary/aromatic N) is 2. The van der Waals surface area contributed by atoms with E-state index in [1.807, 2.05) is 77.0 Å². The van der Waals surface area contributed by atoms with E-state index in [2.05, 4.69) is 0 Å². The van der Waals surface area contributed by atoms with Crippen LogP contribution in [-0.4, -0.2) is 27.6 Å². The van der Waals surface area contributed by atoms with Crippen LogP contribution in [0, 0.1) is 0 Å². The smallest absolute Gasteiger partial charge is 0.266 e. The zero-order chi connectivity index (χ0) is 22.1. The van der Waals surface area contributed by atoms with Crippen LogP contribution in [0.1, 0.15) is 17.7 Å². The molecular weight excluding hydrogens is 477 g/mol. The fraction of sp³-hybridized carbons (Fsp3) is 0.125. The number of carbonyl (C=O) groups is 2. The maximum atomic E-state index is 13.3. The van der Waals surface area contributed by atoms with Gasteiger partial charge in [0.25, 0.3) is 5.91 Å². The number of fused-ring (bicyclic) bond motifs is 2. The second kappa shape index (κ2) is 9.23. The maximum Gasteiger partial charge on any atom is 0.266 e. The van der Waals surface area contributed by atoms with Gasteiger partial charge in [-0.1, -0.05) is 66.1 Å². The quantitative estimate of drug-likeness (QED) is 0.297. The Kier molecular flexibility index (Phi) is 6.19. The Morgan fingerprint density at radius 3 is 2.28 bits per heavy atom. The van der Waals surface area contributed by atoms with Gasteiger partial charge in [-0.2, -0.15) is 0 Å². The zero-order valence-corrected chi connectivity index (χ0v) is 20.2. The minimum absolute atomic E-state index is 0.0183. The second-order valence-electron chi connectivity index (χ2n) is 7.22. The molecule has 5 rings (SSSR count). The third-order valence-corrected chi connectivity index (χ3v) is 8.47. The van der Waals surface area contributed by atoms with Crippen LogP contribution in [0.4, 0.5) is 11.4 Å². The lowest BCUT2D eigenvalue weighted by molar-refractivity contribution is -0.123. The van der Waals surface area contributed by atoms with Crippen molar-refractivity contribution in [3.63, 3.8) is 0 Å². The predicted molar refractivity (Wildman–Crippen MR) is 138 cm³/mol. The van der Waals surface area contributed by atoms with Gasteiger partial charge in [-0.25, -0.2) is 0 Å². The normalized spacial score (nSPS) is 16.4. The summed E-state index contributed by atoms with van der Waals surface area (Å²) in [7, 11) is 0. The van der Waals surface area contributed by atoms with Crippen molar-refractivity contribution >= 4 is 80.7 Å². The average molecular weight is 495 g/mol. The highest BCUT2D eigenvalue weighted by Gasteiger charge is 2.32. The molecule has 0 unspecified atom stereocenters. The molecule has 3 aromatic rings. The number of hydrogen-bond acceptors (Lipinski definition) is 6. The number of para-hydroxylation sites is 2. The van der Waals surface area contributed by atoms with Crippen LogP contribution in [0.25, 0.3) is 6.08 Å². The van der Waals surface area contributed by atoms with Gasteiger partial charge in [-0.3, -0.25) is 19.4 Å². The summed E-state index contributed by atoms with van der Waals surface area (Å²) in [6.45, 7) is 0.435. The molecule has 2 aliphatic rings. The lowest BCUT2D eigenvalue weighted by atomic mass is 10.2. The topological polar surface area (TPSA) is 40.6 Å². The van der Waals surface area contributed by atoms with Gasteiger partial charge < -0.3 is 0 Å². The van der Waals surface area contributed by atoms with Crippen LogP contribution < -0.4 is 4.90 Å². The predicted octanol–water partition coefficient (Wildman–Crippen LogP) is 6.56. The second-order valence-corrected chi connectivity index (χ2v) is 11.0. The summed E-state index contributed by atoms with van der Waals surface area (Å²) in [5.41, 5.74) is 1.82. The molecule has 4 nitrogen and oxygen atoms in total. The highest BCUT2D eigenvalue weighted by Crippen LogP contribution is 2.48. The van der Waals surface area contributed by atoms with E-state index in [0.29, 0.717) is 28.6 Å². The first-order chi connectivity index (χ1) is 15.6. The molecule has 2 aromatic carbocycles. The van der Waals surface area contributed by atoms with E-state index in [0.717, 1.165) is 26.0 Å². The Bertz CT molecular complexity index is 1190. The molecule has 0 aliphatic carbocycles. The van der Waals surface area contributed by atoms with E-state index in [9.17, 15) is 9.59 Å². The number of amides is 2. The molecule has 8 heteroatoms. The van der Waals surface area contributed by atoms with Gasteiger partial charge >= 0.3 is 0 Å². The van der Waals surface area contributed by atoms with Crippen LogP contribution in [0.5, 0.6) is 0 Å². The number of benzene rings is 2. The fourth-order valence-electron chi connectivity index (χ4n) is 3.67. The van der Waals surface area contributed by atoms with Crippen LogP contribution in [-0.2, 0) is 9.59 Å². The summed E-state index contributed by atoms with van der Waals surface area (Å²) in [6, 6.07) is 19.8. The van der Waals surface area contributed by atoms with Crippen molar-refractivity contribution in [1.82, 2.24) is 4.90 Å². The number of thiocarbonyl (C=S) groups is 1. The average Bonchev–Trinajstić information content (AvgIpc) is 3.41. The number of rotatable bonds is 5. The molecule has 0 radical (unpaired) electrons. The van der Waals surface area contributed by atoms with Gasteiger partial charge in [-0.15, -0.1) is 11.3 Å². The number of carbonyl (C=O) groups excluding carboxylic acids is 2. The minimum atomic E-state index is -0.0779. The zero-order valence-electron chi connectivity index (χ0n) is 16.9. The van der Waals surface area contributed by atoms with Gasteiger partial charge in [0.15, 0.2) is 0 Å². The fourth-order valence-corrected chi connectivity index (χ4v) is 6.76. The molecule has 1 aromatic heterocycles. The van der Waals surface area contributed by atoms with Gasteiger partial charge in [-0.05, 0) is 48.2 Å². The number of thiophene rings is 1. The molecule has 0 bridgehead atoms. The van der Waals surface area contributed by atoms with E-state index in [-0.39, 0.29) is 11.8 Å². The summed E-state index contributed by atoms with van der Waals surface area (Å²) in [6.07, 6.45) is 2.76. The molecule has 32 heavy (non-hydrogen) atoms. The minimum Gasteiger partial charge on any atom is -0.293 e. The third-order valence-electron chi connectivity index (χ3n) is 5.14. The Hall–Kier alpha value is -2.39. The van der Waals surface area contributed by atoms with Crippen molar-refractivity contribution < 1.29 is 9.59 Å². The van der Waals surface area contributed by atoms with E-state index in [1.165, 1.54) is 11.8 Å². The number of anilines is 2. The lowest BCUT2D eigenvalue weighted by Gasteiger charge is -2.31. The molecule has 1 saturated heterocycles. The largest absolute Gasteiger partial charge is 0.293 e. The molecule has 1 fully saturated rings. The van der Waals surface area contributed by atoms with Crippen molar-refractivity contribution in [2.75, 3.05) is 11.4 Å². The standard InChI is InChI=1S/C24H18N2O2S4/c27-22(26-17-8-1-3-10-19(17)31-20-11-4-2-9-18(20)26)12-5-13-25-23(28)21(32-24(25)29)15-16-7-6-14-30-16/h1-4,6-11,14-15H,5,12-13H2/b21-15+. The first-order valence-corrected chi connectivity index (χ1v) is 13.0. The van der Waals surface area contributed by atoms with Gasteiger partial charge in [0.2, 0.25) is 5.91 Å². The maximum absolute atomic E-state index is 13.3. The molecular formula is C24H18N2O2S4. The monoisotopic (exact) mass is 494 g/mol. The Balaban J connectivity index is 1.28. The summed E-state index contributed by atoms with van der Waals surface area (Å²) in [5, 5.41) is 1.98. The van der Waals surface area contributed by atoms with Crippen LogP contribution >= 0.6 is 47.1 Å². The molecule has 160 valence electrons. The molecule has 0 spiro atoms. The van der Waals surface area contributed by atoms with Crippen molar-refractivity contribution in [2.45, 2.75) is 22.6 Å². The Morgan fingerprint density at radius 2 is 1.62 bits per heavy atom. The molecule has 2 aliphatic heterocycles. The summed E-state index contributed by atoms with van der Waals surface area (Å²) in [4.78, 5) is 33.3. The van der Waals surface area contributed by atoms with Gasteiger partial charge in [0.05, 0.1) is 16.3 Å². The number of hydrogen-bond donors (Lipinski definition) is 0. The van der Waals surface area contributed by atoms with Crippen molar-refractivity contribution in [3.8, 4) is 0 Å². The molecule has 2 amide bonds. The highest BCUT2D eigenvalue weighted by atomic mass is 32.2. The van der Waals surface area contributed by atoms with E-state index in [4.69, 9.17) is 12.2 Å². The van der Waals surface area contributed by atoms with E-state index in [1.54, 1.807) is 28.0 Å². The van der Waals surface area contributed by atoms with Crippen molar-refractivity contribution in [3.05, 3.63) is 75.8 Å². The van der Waals surface area contributed by atoms with Crippen LogP contribution in [0.2, 0.25) is 0 Å². The van der Waals surface area contributed by atoms with Crippen molar-refractivity contribution in [2.24, 2.45) is 0 Å². The number of thioether (sulfide) groups is 1. The van der Waals surface area contributed by atoms with Crippen LogP contribution in [0.3, 0.4) is 0 Å². The summed E-state index contributed by atoms with van der Waals surface area (Å²) in [5.74, 6) is -0.0596. The third kappa shape index (κ3) is 4.15. The van der Waals surface area contributed by atoms with Crippen molar-refractivity contribution in [1.29, 1.82) is 0 Å². The summed E-state index contributed by atoms with van der Waals surface area (Å²) >= 11 is 10.0. The van der Waals surface area contributed by atoms with Crippen LogP contribution in [0.15, 0.2) is 80.7 Å². The molecule has 3 heterocycles. The lowest BCUT2D eigenvalue weighted by Crippen LogP contribution is -2.32. The summed E-state index contributed by atoms with van der Waals surface area (Å²) < 4.78 is 0.551. The molecule has 0 N–H and O–H groups in total. The Morgan fingerprint density at radius 1 is 0.938 bits per heavy atom. The van der Waals surface area contributed by atoms with E-state index >= 15 is 0 Å². The van der Waals surface area contributed by atoms with E-state index < -0.39 is 0 Å². The molecule has 0 atom stereocenters. The van der Waals surface area contributed by atoms with Gasteiger partial charge in [0, 0.05) is 27.6 Å². The highest BCUT2D eigenvalue weighted by molar-refractivity contribution is 8.26. The van der Waals surface area contributed by atoms with Gasteiger partial charge in [0.1, 0.15) is 4.32 Å². The first kappa shape index (κ1) is 21.5. The first-order valence-electron chi connectivity index (χ1n) is 10.1. The SMILES string of the molecule is O=C1/C(=C\c2cccs2)SC(=S)N1CCCC(=O)N1c2ccccc2Sc2ccccc21. The molecule has 0 saturated carbocycles. The Labute approximate surface area is 204 Å².